The largest absolute Gasteiger partial charge is 0.504 e. The number of hydrogen-bond acceptors (Lipinski definition) is 3. The zero-order valence-corrected chi connectivity index (χ0v) is 15.6. The molecular formula is C12H17Cl4N2O3S+. The molecule has 126 valence electrons. The van der Waals surface area contributed by atoms with Gasteiger partial charge in [-0.15, -0.1) is 11.6 Å². The predicted octanol–water partition coefficient (Wildman–Crippen LogP) is 0.546. The summed E-state index contributed by atoms with van der Waals surface area (Å²) < 4.78 is 26.1. The van der Waals surface area contributed by atoms with Crippen molar-refractivity contribution in [3.8, 4) is 0 Å². The van der Waals surface area contributed by atoms with E-state index in [1.165, 1.54) is 6.26 Å². The minimum absolute atomic E-state index is 0.0962. The van der Waals surface area contributed by atoms with Crippen molar-refractivity contribution in [1.29, 1.82) is 0 Å². The van der Waals surface area contributed by atoms with E-state index in [0.29, 0.717) is 6.54 Å². The Kier molecular flexibility index (Phi) is 7.82. The van der Waals surface area contributed by atoms with Gasteiger partial charge < -0.3 is 4.74 Å². The molecule has 1 heterocycles. The fourth-order valence-electron chi connectivity index (χ4n) is 1.79. The Morgan fingerprint density at radius 3 is 2.55 bits per heavy atom. The maximum atomic E-state index is 11.6. The van der Waals surface area contributed by atoms with E-state index in [0.717, 1.165) is 0 Å². The van der Waals surface area contributed by atoms with Crippen molar-refractivity contribution in [1.82, 2.24) is 5.32 Å². The van der Waals surface area contributed by atoms with Gasteiger partial charge in [0.05, 0.1) is 30.3 Å². The standard InChI is InChI=1S/C12H16Cl4N2O3S/c1-21-6-4-2-3-5-17-11(12(14,15)16)18-10-8-22(19,20)7-9(10)13/h2-4,6,9-10H,5,7-8H2,1H3,(H,17,18)/p+1/b3-2+,6-4-/t9-,10-/m1/s1. The lowest BCUT2D eigenvalue weighted by Gasteiger charge is -2.15. The van der Waals surface area contributed by atoms with Crippen LogP contribution >= 0.6 is 46.4 Å². The van der Waals surface area contributed by atoms with Gasteiger partial charge in [-0.2, -0.15) is 0 Å². The smallest absolute Gasteiger partial charge is 0.296 e. The van der Waals surface area contributed by atoms with E-state index in [-0.39, 0.29) is 17.3 Å². The van der Waals surface area contributed by atoms with Crippen molar-refractivity contribution >= 4 is 62.1 Å². The molecule has 2 atom stereocenters. The second-order valence-corrected chi connectivity index (χ2v) is 9.59. The summed E-state index contributed by atoms with van der Waals surface area (Å²) in [6.45, 7) is 0.372. The van der Waals surface area contributed by atoms with Gasteiger partial charge in [0.15, 0.2) is 9.84 Å². The predicted molar refractivity (Wildman–Crippen MR) is 91.6 cm³/mol. The molecule has 22 heavy (non-hydrogen) atoms. The Morgan fingerprint density at radius 2 is 2.05 bits per heavy atom. The third-order valence-corrected chi connectivity index (χ3v) is 5.70. The van der Waals surface area contributed by atoms with Crippen LogP contribution in [-0.2, 0) is 14.6 Å². The number of ether oxygens (including phenoxy) is 1. The zero-order chi connectivity index (χ0) is 16.8. The van der Waals surface area contributed by atoms with Crippen molar-refractivity contribution in [3.63, 3.8) is 0 Å². The minimum Gasteiger partial charge on any atom is -0.504 e. The molecule has 0 unspecified atom stereocenters. The summed E-state index contributed by atoms with van der Waals surface area (Å²) in [6, 6.07) is -0.512. The highest BCUT2D eigenvalue weighted by Crippen LogP contribution is 2.26. The normalized spacial score (nSPS) is 26.0. The molecule has 10 heteroatoms. The van der Waals surface area contributed by atoms with Crippen molar-refractivity contribution in [3.05, 3.63) is 24.5 Å². The number of hydrogen-bond donors (Lipinski definition) is 2. The molecule has 0 aromatic heterocycles. The Bertz CT molecular complexity index is 555. The van der Waals surface area contributed by atoms with Crippen LogP contribution in [0.4, 0.5) is 0 Å². The molecule has 0 amide bonds. The van der Waals surface area contributed by atoms with Crippen LogP contribution in [0.2, 0.25) is 0 Å². The third kappa shape index (κ3) is 6.96. The fraction of sp³-hybridized carbons (Fsp3) is 0.583. The highest BCUT2D eigenvalue weighted by atomic mass is 35.6. The Labute approximate surface area is 150 Å². The molecule has 1 fully saturated rings. The maximum Gasteiger partial charge on any atom is 0.296 e. The first-order valence-electron chi connectivity index (χ1n) is 6.29. The van der Waals surface area contributed by atoms with Gasteiger partial charge in [0.25, 0.3) is 9.63 Å². The van der Waals surface area contributed by atoms with Crippen LogP contribution in [0.25, 0.3) is 0 Å². The number of halogens is 4. The summed E-state index contributed by atoms with van der Waals surface area (Å²) in [5, 5.41) is 2.31. The molecule has 2 N–H and O–H groups in total. The Hall–Kier alpha value is -0.140. The molecule has 0 saturated carbocycles. The molecule has 1 saturated heterocycles. The van der Waals surface area contributed by atoms with Gasteiger partial charge in [0.1, 0.15) is 12.6 Å². The Balaban J connectivity index is 2.74. The van der Waals surface area contributed by atoms with Crippen LogP contribution < -0.4 is 10.3 Å². The van der Waals surface area contributed by atoms with Crippen molar-refractivity contribution in [2.45, 2.75) is 15.2 Å². The van der Waals surface area contributed by atoms with Crippen molar-refractivity contribution in [2.24, 2.45) is 0 Å². The molecule has 0 bridgehead atoms. The zero-order valence-electron chi connectivity index (χ0n) is 11.7. The molecule has 1 aliphatic rings. The molecule has 0 radical (unpaired) electrons. The number of nitrogens with one attached hydrogen (secondary N) is 2. The lowest BCUT2D eigenvalue weighted by atomic mass is 10.2. The summed E-state index contributed by atoms with van der Waals surface area (Å²) in [6.07, 6.45) is 6.73. The average molecular weight is 411 g/mol. The van der Waals surface area contributed by atoms with E-state index in [4.69, 9.17) is 51.1 Å². The van der Waals surface area contributed by atoms with Crippen molar-refractivity contribution in [2.75, 3.05) is 25.2 Å². The summed E-state index contributed by atoms with van der Waals surface area (Å²) >= 11 is 23.7. The van der Waals surface area contributed by atoms with E-state index in [1.54, 1.807) is 25.3 Å². The maximum absolute atomic E-state index is 11.6. The van der Waals surface area contributed by atoms with Crippen LogP contribution in [0.1, 0.15) is 0 Å². The quantitative estimate of drug-likeness (QED) is 0.228. The van der Waals surface area contributed by atoms with Crippen LogP contribution in [0.3, 0.4) is 0 Å². The van der Waals surface area contributed by atoms with Crippen LogP contribution in [0.5, 0.6) is 0 Å². The van der Waals surface area contributed by atoms with E-state index in [1.807, 2.05) is 0 Å². The first-order valence-corrected chi connectivity index (χ1v) is 9.68. The molecule has 1 rings (SSSR count). The molecule has 0 aromatic rings. The summed E-state index contributed by atoms with van der Waals surface area (Å²) in [4.78, 5) is 2.91. The number of alkyl halides is 4. The van der Waals surface area contributed by atoms with Crippen molar-refractivity contribution < 1.29 is 18.1 Å². The second-order valence-electron chi connectivity index (χ2n) is 4.59. The van der Waals surface area contributed by atoms with Gasteiger partial charge in [-0.3, -0.25) is 10.3 Å². The number of rotatable bonds is 5. The first kappa shape index (κ1) is 19.9. The monoisotopic (exact) mass is 409 g/mol. The first-order chi connectivity index (χ1) is 10.2. The second kappa shape index (κ2) is 8.64. The highest BCUT2D eigenvalue weighted by Gasteiger charge is 2.44. The third-order valence-electron chi connectivity index (χ3n) is 2.75. The number of amidine groups is 1. The number of methoxy groups -OCH3 is 1. The van der Waals surface area contributed by atoms with Crippen LogP contribution in [0, 0.1) is 0 Å². The highest BCUT2D eigenvalue weighted by molar-refractivity contribution is 7.91. The van der Waals surface area contributed by atoms with Crippen LogP contribution in [-0.4, -0.2) is 54.6 Å². The topological polar surface area (TPSA) is 69.4 Å². The molecule has 0 spiro atoms. The van der Waals surface area contributed by atoms with E-state index >= 15 is 0 Å². The average Bonchev–Trinajstić information content (AvgIpc) is 2.63. The van der Waals surface area contributed by atoms with Gasteiger partial charge >= 0.3 is 0 Å². The van der Waals surface area contributed by atoms with E-state index in [2.05, 4.69) is 10.3 Å². The molecule has 5 nitrogen and oxygen atoms in total. The summed E-state index contributed by atoms with van der Waals surface area (Å²) in [5.41, 5.74) is 0. The summed E-state index contributed by atoms with van der Waals surface area (Å²) in [7, 11) is -1.63. The number of allylic oxidation sites excluding steroid dienone is 2. The van der Waals surface area contributed by atoms with Crippen LogP contribution in [0.15, 0.2) is 24.5 Å². The van der Waals surface area contributed by atoms with Gasteiger partial charge in [-0.25, -0.2) is 8.42 Å². The molecular weight excluding hydrogens is 394 g/mol. The van der Waals surface area contributed by atoms with Gasteiger partial charge in [-0.1, -0.05) is 40.9 Å². The Morgan fingerprint density at radius 1 is 1.36 bits per heavy atom. The SMILES string of the molecule is CO/C=C\C=C\C[NH+]=C(N[C@@H]1CS(=O)(=O)C[C@H]1Cl)C(Cl)(Cl)Cl. The van der Waals surface area contributed by atoms with E-state index < -0.39 is 25.0 Å². The molecule has 0 aromatic carbocycles. The van der Waals surface area contributed by atoms with E-state index in [9.17, 15) is 8.42 Å². The minimum atomic E-state index is -3.17. The van der Waals surface area contributed by atoms with Gasteiger partial charge in [0, 0.05) is 0 Å². The fourth-order valence-corrected chi connectivity index (χ4v) is 4.70. The molecule has 0 aliphatic carbocycles. The number of sulfone groups is 1. The van der Waals surface area contributed by atoms with Gasteiger partial charge in [0.2, 0.25) is 0 Å². The summed E-state index contributed by atoms with van der Waals surface area (Å²) in [5.74, 6) is -0.00810. The lowest BCUT2D eigenvalue weighted by molar-refractivity contribution is -0.448. The molecule has 1 aliphatic heterocycles. The van der Waals surface area contributed by atoms with Gasteiger partial charge in [-0.05, 0) is 12.2 Å². The lowest BCUT2D eigenvalue weighted by Crippen LogP contribution is -2.79.